The topological polar surface area (TPSA) is 54.5 Å². The minimum atomic E-state index is -4.42. The van der Waals surface area contributed by atoms with Crippen LogP contribution in [0.5, 0.6) is 0 Å². The molecule has 0 aliphatic carbocycles. The van der Waals surface area contributed by atoms with Crippen molar-refractivity contribution in [3.63, 3.8) is 0 Å². The second-order valence-corrected chi connectivity index (χ2v) is 9.59. The maximum Gasteiger partial charge on any atom is 0.416 e. The van der Waals surface area contributed by atoms with Crippen molar-refractivity contribution in [1.82, 2.24) is 4.90 Å². The molecule has 146 valence electrons. The summed E-state index contributed by atoms with van der Waals surface area (Å²) in [5.74, 6) is -0.199. The lowest BCUT2D eigenvalue weighted by Crippen LogP contribution is -2.42. The van der Waals surface area contributed by atoms with Gasteiger partial charge < -0.3 is 4.90 Å². The molecule has 0 bridgehead atoms. The largest absolute Gasteiger partial charge is 0.416 e. The van der Waals surface area contributed by atoms with Gasteiger partial charge in [-0.2, -0.15) is 13.2 Å². The number of halogens is 3. The molecule has 9 heteroatoms. The van der Waals surface area contributed by atoms with Crippen LogP contribution >= 0.6 is 11.8 Å². The fraction of sp³-hybridized carbons (Fsp3) is 0.588. The van der Waals surface area contributed by atoms with E-state index >= 15 is 0 Å². The second-order valence-electron chi connectivity index (χ2n) is 6.31. The third kappa shape index (κ3) is 5.90. The number of hydrogen-bond acceptors (Lipinski definition) is 4. The summed E-state index contributed by atoms with van der Waals surface area (Å²) in [5, 5.41) is 0. The molecule has 1 unspecified atom stereocenters. The van der Waals surface area contributed by atoms with Crippen molar-refractivity contribution in [3.8, 4) is 0 Å². The zero-order valence-corrected chi connectivity index (χ0v) is 16.1. The lowest BCUT2D eigenvalue weighted by molar-refractivity contribution is -0.137. The quantitative estimate of drug-likeness (QED) is 0.646. The molecule has 1 fully saturated rings. The van der Waals surface area contributed by atoms with Gasteiger partial charge in [-0.05, 0) is 31.0 Å². The van der Waals surface area contributed by atoms with Crippen molar-refractivity contribution in [2.45, 2.75) is 43.3 Å². The highest BCUT2D eigenvalue weighted by atomic mass is 32.2. The first-order valence-electron chi connectivity index (χ1n) is 8.42. The van der Waals surface area contributed by atoms with Crippen LogP contribution in [-0.2, 0) is 20.8 Å². The second kappa shape index (κ2) is 8.65. The molecule has 1 atom stereocenters. The Morgan fingerprint density at radius 3 is 2.65 bits per heavy atom. The van der Waals surface area contributed by atoms with E-state index in [0.29, 0.717) is 17.9 Å². The van der Waals surface area contributed by atoms with Crippen LogP contribution in [0.4, 0.5) is 13.2 Å². The Hall–Kier alpha value is -1.22. The van der Waals surface area contributed by atoms with Gasteiger partial charge in [-0.15, -0.1) is 11.8 Å². The molecule has 1 aromatic carbocycles. The predicted molar refractivity (Wildman–Crippen MR) is 95.8 cm³/mol. The van der Waals surface area contributed by atoms with E-state index in [0.717, 1.165) is 36.7 Å². The molecule has 1 aliphatic rings. The number of unbranched alkanes of at least 4 members (excludes halogenated alkanes) is 1. The fourth-order valence-electron chi connectivity index (χ4n) is 2.85. The van der Waals surface area contributed by atoms with Gasteiger partial charge in [-0.1, -0.05) is 19.4 Å². The third-order valence-electron chi connectivity index (χ3n) is 4.25. The van der Waals surface area contributed by atoms with Gasteiger partial charge in [0.05, 0.1) is 22.8 Å². The zero-order valence-electron chi connectivity index (χ0n) is 14.5. The molecule has 26 heavy (non-hydrogen) atoms. The number of thioether (sulfide) groups is 1. The molecule has 1 amide bonds. The Balaban J connectivity index is 2.03. The third-order valence-corrected chi connectivity index (χ3v) is 6.97. The van der Waals surface area contributed by atoms with Crippen LogP contribution in [0.2, 0.25) is 0 Å². The molecule has 2 rings (SSSR count). The van der Waals surface area contributed by atoms with Crippen LogP contribution in [0.25, 0.3) is 0 Å². The van der Waals surface area contributed by atoms with Crippen molar-refractivity contribution in [1.29, 1.82) is 0 Å². The number of benzene rings is 1. The first-order chi connectivity index (χ1) is 12.1. The number of hydrogen-bond donors (Lipinski definition) is 0. The van der Waals surface area contributed by atoms with Gasteiger partial charge in [0.25, 0.3) is 0 Å². The summed E-state index contributed by atoms with van der Waals surface area (Å²) < 4.78 is 61.7. The molecule has 1 aliphatic heterocycles. The van der Waals surface area contributed by atoms with Crippen molar-refractivity contribution >= 4 is 27.5 Å². The highest BCUT2D eigenvalue weighted by Crippen LogP contribution is 2.32. The van der Waals surface area contributed by atoms with E-state index in [4.69, 9.17) is 0 Å². The van der Waals surface area contributed by atoms with Gasteiger partial charge in [0, 0.05) is 17.5 Å². The zero-order chi connectivity index (χ0) is 19.4. The molecular weight excluding hydrogens is 387 g/mol. The predicted octanol–water partition coefficient (Wildman–Crippen LogP) is 3.61. The van der Waals surface area contributed by atoms with Gasteiger partial charge in [0.2, 0.25) is 5.91 Å². The Morgan fingerprint density at radius 1 is 1.35 bits per heavy atom. The van der Waals surface area contributed by atoms with Gasteiger partial charge in [-0.3, -0.25) is 4.79 Å². The van der Waals surface area contributed by atoms with Crippen LogP contribution in [0, 0.1) is 0 Å². The van der Waals surface area contributed by atoms with E-state index in [1.54, 1.807) is 4.90 Å². The smallest absolute Gasteiger partial charge is 0.338 e. The highest BCUT2D eigenvalue weighted by Gasteiger charge is 2.34. The van der Waals surface area contributed by atoms with E-state index in [2.05, 4.69) is 0 Å². The van der Waals surface area contributed by atoms with Crippen LogP contribution in [0.3, 0.4) is 0 Å². The van der Waals surface area contributed by atoms with Gasteiger partial charge in [0.1, 0.15) is 0 Å². The summed E-state index contributed by atoms with van der Waals surface area (Å²) in [6, 6.07) is 4.52. The Morgan fingerprint density at radius 2 is 2.08 bits per heavy atom. The van der Waals surface area contributed by atoms with Crippen molar-refractivity contribution < 1.29 is 26.4 Å². The lowest BCUT2D eigenvalue weighted by atomic mass is 10.2. The van der Waals surface area contributed by atoms with Crippen LogP contribution in [0.15, 0.2) is 29.2 Å². The molecule has 1 heterocycles. The Kier molecular flexibility index (Phi) is 7.01. The van der Waals surface area contributed by atoms with E-state index in [1.807, 2.05) is 6.92 Å². The average Bonchev–Trinajstić information content (AvgIpc) is 2.92. The number of alkyl halides is 3. The van der Waals surface area contributed by atoms with Gasteiger partial charge in [0.15, 0.2) is 9.84 Å². The molecular formula is C17H22F3NO3S2. The van der Waals surface area contributed by atoms with Gasteiger partial charge in [-0.25, -0.2) is 8.42 Å². The van der Waals surface area contributed by atoms with Crippen LogP contribution in [0.1, 0.15) is 31.7 Å². The van der Waals surface area contributed by atoms with E-state index in [9.17, 15) is 26.4 Å². The molecule has 0 aromatic heterocycles. The first kappa shape index (κ1) is 21.1. The normalized spacial score (nSPS) is 19.5. The standard InChI is InChI=1S/C17H22F3NO3S2/c1-2-3-8-21(14-7-9-26(23,24)12-14)16(22)11-25-15-6-4-5-13(10-15)17(18,19)20/h4-6,10,14H,2-3,7-9,11-12H2,1H3. The molecule has 0 N–H and O–H groups in total. The van der Waals surface area contributed by atoms with Crippen LogP contribution < -0.4 is 0 Å². The lowest BCUT2D eigenvalue weighted by Gasteiger charge is -2.28. The summed E-state index contributed by atoms with van der Waals surface area (Å²) in [6.07, 6.45) is -2.38. The molecule has 0 radical (unpaired) electrons. The van der Waals surface area contributed by atoms with Crippen molar-refractivity contribution in [2.24, 2.45) is 0 Å². The summed E-state index contributed by atoms with van der Waals surface area (Å²) in [7, 11) is -3.11. The number of carbonyl (C=O) groups is 1. The molecule has 1 aromatic rings. The number of carbonyl (C=O) groups excluding carboxylic acids is 1. The monoisotopic (exact) mass is 409 g/mol. The van der Waals surface area contributed by atoms with E-state index < -0.39 is 21.6 Å². The number of nitrogens with zero attached hydrogens (tertiary/aromatic N) is 1. The molecule has 0 saturated carbocycles. The first-order valence-corrected chi connectivity index (χ1v) is 11.2. The minimum Gasteiger partial charge on any atom is -0.338 e. The van der Waals surface area contributed by atoms with Gasteiger partial charge >= 0.3 is 6.18 Å². The highest BCUT2D eigenvalue weighted by molar-refractivity contribution is 8.00. The summed E-state index contributed by atoms with van der Waals surface area (Å²) in [4.78, 5) is 14.5. The SMILES string of the molecule is CCCCN(C(=O)CSc1cccc(C(F)(F)F)c1)C1CCS(=O)(=O)C1. The summed E-state index contributed by atoms with van der Waals surface area (Å²) >= 11 is 1.04. The van der Waals surface area contributed by atoms with E-state index in [-0.39, 0.29) is 29.2 Å². The number of sulfone groups is 1. The van der Waals surface area contributed by atoms with E-state index in [1.165, 1.54) is 12.1 Å². The molecule has 1 saturated heterocycles. The minimum absolute atomic E-state index is 0.0123. The maximum atomic E-state index is 12.8. The van der Waals surface area contributed by atoms with Crippen molar-refractivity contribution in [3.05, 3.63) is 29.8 Å². The Labute approximate surface area is 156 Å². The Bertz CT molecular complexity index is 735. The fourth-order valence-corrected chi connectivity index (χ4v) is 5.42. The van der Waals surface area contributed by atoms with Crippen molar-refractivity contribution in [2.75, 3.05) is 23.8 Å². The van der Waals surface area contributed by atoms with Crippen LogP contribution in [-0.4, -0.2) is 49.1 Å². The maximum absolute atomic E-state index is 12.8. The molecule has 4 nitrogen and oxygen atoms in total. The summed E-state index contributed by atoms with van der Waals surface area (Å²) in [6.45, 7) is 2.45. The average molecular weight is 409 g/mol. The summed E-state index contributed by atoms with van der Waals surface area (Å²) in [5.41, 5.74) is -0.750. The number of amides is 1. The number of rotatable bonds is 7. The molecule has 0 spiro atoms.